The number of esters is 2. The summed E-state index contributed by atoms with van der Waals surface area (Å²) in [4.78, 5) is 23.7. The Morgan fingerprint density at radius 1 is 0.882 bits per heavy atom. The van der Waals surface area contributed by atoms with Crippen LogP contribution in [0.15, 0.2) is 35.9 Å². The summed E-state index contributed by atoms with van der Waals surface area (Å²) in [5, 5.41) is 0. The van der Waals surface area contributed by atoms with Crippen LogP contribution in [0.1, 0.15) is 84.6 Å². The molecule has 0 spiro atoms. The van der Waals surface area contributed by atoms with Crippen molar-refractivity contribution in [1.29, 1.82) is 0 Å². The normalized spacial score (nSPS) is 42.3. The highest BCUT2D eigenvalue weighted by Gasteiger charge is 2.61. The average Bonchev–Trinajstić information content (AvgIpc) is 3.10. The summed E-state index contributed by atoms with van der Waals surface area (Å²) in [6, 6.07) is 10.4. The zero-order chi connectivity index (χ0) is 24.1. The molecule has 4 aliphatic rings. The Labute approximate surface area is 204 Å². The maximum Gasteiger partial charge on any atom is 0.303 e. The molecule has 0 bridgehead atoms. The zero-order valence-corrected chi connectivity index (χ0v) is 21.2. The van der Waals surface area contributed by atoms with Crippen LogP contribution in [0.2, 0.25) is 0 Å². The predicted molar refractivity (Wildman–Crippen MR) is 133 cm³/mol. The molecule has 184 valence electrons. The summed E-state index contributed by atoms with van der Waals surface area (Å²) in [7, 11) is 0. The van der Waals surface area contributed by atoms with Crippen molar-refractivity contribution in [2.45, 2.75) is 91.3 Å². The van der Waals surface area contributed by atoms with Crippen LogP contribution in [0.3, 0.4) is 0 Å². The summed E-state index contributed by atoms with van der Waals surface area (Å²) in [5.41, 5.74) is 2.80. The lowest BCUT2D eigenvalue weighted by molar-refractivity contribution is -0.163. The molecule has 4 aliphatic carbocycles. The molecule has 34 heavy (non-hydrogen) atoms. The molecular weight excluding hydrogens is 424 g/mol. The van der Waals surface area contributed by atoms with Gasteiger partial charge in [0, 0.05) is 19.3 Å². The first kappa shape index (κ1) is 23.6. The van der Waals surface area contributed by atoms with E-state index >= 15 is 0 Å². The van der Waals surface area contributed by atoms with Gasteiger partial charge < -0.3 is 9.47 Å². The lowest BCUT2D eigenvalue weighted by Gasteiger charge is -2.61. The molecule has 8 unspecified atom stereocenters. The summed E-state index contributed by atoms with van der Waals surface area (Å²) in [5.74, 6) is 2.28. The number of benzene rings is 1. The molecule has 0 N–H and O–H groups in total. The first-order valence-electron chi connectivity index (χ1n) is 13.3. The first-order chi connectivity index (χ1) is 16.2. The van der Waals surface area contributed by atoms with E-state index in [9.17, 15) is 9.59 Å². The predicted octanol–water partition coefficient (Wildman–Crippen LogP) is 6.59. The molecule has 5 rings (SSSR count). The van der Waals surface area contributed by atoms with Crippen molar-refractivity contribution in [1.82, 2.24) is 0 Å². The van der Waals surface area contributed by atoms with E-state index in [4.69, 9.17) is 9.47 Å². The van der Waals surface area contributed by atoms with Crippen molar-refractivity contribution in [3.63, 3.8) is 0 Å². The maximum atomic E-state index is 12.0. The minimum atomic E-state index is -0.183. The van der Waals surface area contributed by atoms with Crippen molar-refractivity contribution in [2.75, 3.05) is 0 Å². The summed E-state index contributed by atoms with van der Waals surface area (Å²) in [6.07, 6.45) is 11.2. The van der Waals surface area contributed by atoms with E-state index in [1.54, 1.807) is 6.92 Å². The molecule has 4 fully saturated rings. The molecule has 0 heterocycles. The summed E-state index contributed by atoms with van der Waals surface area (Å²) < 4.78 is 11.7. The Hall–Kier alpha value is -2.10. The molecule has 8 atom stereocenters. The van der Waals surface area contributed by atoms with Gasteiger partial charge >= 0.3 is 11.9 Å². The van der Waals surface area contributed by atoms with Gasteiger partial charge in [-0.1, -0.05) is 50.3 Å². The number of hydrogen-bond donors (Lipinski definition) is 0. The van der Waals surface area contributed by atoms with Crippen molar-refractivity contribution in [2.24, 2.45) is 34.5 Å². The molecule has 4 saturated carbocycles. The van der Waals surface area contributed by atoms with Crippen LogP contribution in [0, 0.1) is 34.5 Å². The van der Waals surface area contributed by atoms with Gasteiger partial charge in [0.25, 0.3) is 0 Å². The van der Waals surface area contributed by atoms with E-state index < -0.39 is 0 Å². The van der Waals surface area contributed by atoms with Crippen LogP contribution < -0.4 is 0 Å². The van der Waals surface area contributed by atoms with E-state index in [0.717, 1.165) is 25.7 Å². The minimum Gasteiger partial charge on any atom is -0.462 e. The van der Waals surface area contributed by atoms with Crippen molar-refractivity contribution in [3.05, 3.63) is 41.5 Å². The van der Waals surface area contributed by atoms with Gasteiger partial charge in [0.1, 0.15) is 12.2 Å². The van der Waals surface area contributed by atoms with Gasteiger partial charge in [-0.2, -0.15) is 0 Å². The van der Waals surface area contributed by atoms with Gasteiger partial charge in [0.2, 0.25) is 0 Å². The Morgan fingerprint density at radius 3 is 2.29 bits per heavy atom. The fourth-order valence-electron chi connectivity index (χ4n) is 8.74. The van der Waals surface area contributed by atoms with E-state index in [2.05, 4.69) is 44.2 Å². The van der Waals surface area contributed by atoms with Crippen LogP contribution in [0.25, 0.3) is 6.08 Å². The molecule has 0 radical (unpaired) electrons. The SMILES string of the molecule is CC(=O)OC1CC2CCC3C(CCC4(C)C(OC(C)=O)CCC34)C2(C)CC1=Cc1ccccc1. The van der Waals surface area contributed by atoms with Crippen molar-refractivity contribution >= 4 is 18.0 Å². The van der Waals surface area contributed by atoms with Crippen LogP contribution in [0.5, 0.6) is 0 Å². The zero-order valence-electron chi connectivity index (χ0n) is 21.2. The number of carbonyl (C=O) groups excluding carboxylic acids is 2. The molecule has 4 heteroatoms. The van der Waals surface area contributed by atoms with E-state index in [0.29, 0.717) is 23.7 Å². The second-order valence-corrected chi connectivity index (χ2v) is 12.0. The number of rotatable bonds is 3. The van der Waals surface area contributed by atoms with Crippen LogP contribution >= 0.6 is 0 Å². The number of hydrogen-bond acceptors (Lipinski definition) is 4. The van der Waals surface area contributed by atoms with E-state index in [1.807, 2.05) is 6.07 Å². The monoisotopic (exact) mass is 464 g/mol. The lowest BCUT2D eigenvalue weighted by Crippen LogP contribution is -2.55. The molecular formula is C30H40O4. The number of fused-ring (bicyclic) bond motifs is 5. The molecule has 0 aliphatic heterocycles. The van der Waals surface area contributed by atoms with Gasteiger partial charge in [0.05, 0.1) is 0 Å². The number of ether oxygens (including phenoxy) is 2. The highest BCUT2D eigenvalue weighted by molar-refractivity contribution is 5.67. The molecule has 1 aromatic carbocycles. The summed E-state index contributed by atoms with van der Waals surface area (Å²) in [6.45, 7) is 8.00. The second kappa shape index (κ2) is 8.84. The fourth-order valence-corrected chi connectivity index (χ4v) is 8.74. The Balaban J connectivity index is 1.44. The average molecular weight is 465 g/mol. The largest absolute Gasteiger partial charge is 0.462 e. The van der Waals surface area contributed by atoms with Crippen LogP contribution in [0.4, 0.5) is 0 Å². The van der Waals surface area contributed by atoms with Gasteiger partial charge in [0.15, 0.2) is 0 Å². The third-order valence-electron chi connectivity index (χ3n) is 10.2. The maximum absolute atomic E-state index is 12.0. The molecule has 0 aromatic heterocycles. The summed E-state index contributed by atoms with van der Waals surface area (Å²) >= 11 is 0. The number of carbonyl (C=O) groups is 2. The van der Waals surface area contributed by atoms with Crippen LogP contribution in [-0.4, -0.2) is 24.1 Å². The molecule has 0 amide bonds. The Kier molecular flexibility index (Phi) is 6.14. The smallest absolute Gasteiger partial charge is 0.303 e. The lowest BCUT2D eigenvalue weighted by atomic mass is 9.44. The topological polar surface area (TPSA) is 52.6 Å². The third-order valence-corrected chi connectivity index (χ3v) is 10.2. The molecule has 0 saturated heterocycles. The van der Waals surface area contributed by atoms with E-state index in [-0.39, 0.29) is 35.0 Å². The van der Waals surface area contributed by atoms with Gasteiger partial charge in [-0.05, 0) is 91.6 Å². The fraction of sp³-hybridized carbons (Fsp3) is 0.667. The van der Waals surface area contributed by atoms with Gasteiger partial charge in [-0.15, -0.1) is 0 Å². The van der Waals surface area contributed by atoms with Gasteiger partial charge in [-0.3, -0.25) is 9.59 Å². The standard InChI is InChI=1S/C30H40O4/c1-19(31)33-27-17-23-10-11-24-25-12-13-28(34-20(2)32)29(25,3)15-14-26(24)30(23,4)18-22(27)16-21-8-6-5-7-9-21/h5-9,16,23-28H,10-15,17-18H2,1-4H3. The van der Waals surface area contributed by atoms with Crippen molar-refractivity contribution < 1.29 is 19.1 Å². The van der Waals surface area contributed by atoms with Crippen molar-refractivity contribution in [3.8, 4) is 0 Å². The first-order valence-corrected chi connectivity index (χ1v) is 13.3. The molecule has 4 nitrogen and oxygen atoms in total. The third kappa shape index (κ3) is 4.01. The second-order valence-electron chi connectivity index (χ2n) is 12.0. The van der Waals surface area contributed by atoms with Crippen LogP contribution in [-0.2, 0) is 19.1 Å². The highest BCUT2D eigenvalue weighted by atomic mass is 16.5. The Morgan fingerprint density at radius 2 is 1.59 bits per heavy atom. The minimum absolute atomic E-state index is 0.0784. The highest BCUT2D eigenvalue weighted by Crippen LogP contribution is 2.67. The van der Waals surface area contributed by atoms with E-state index in [1.165, 1.54) is 43.7 Å². The molecule has 1 aromatic rings. The van der Waals surface area contributed by atoms with Gasteiger partial charge in [-0.25, -0.2) is 0 Å². The Bertz CT molecular complexity index is 967. The quantitative estimate of drug-likeness (QED) is 0.474.